The summed E-state index contributed by atoms with van der Waals surface area (Å²) in [4.78, 5) is 29.7. The van der Waals surface area contributed by atoms with Crippen molar-refractivity contribution in [2.24, 2.45) is 5.16 Å². The summed E-state index contributed by atoms with van der Waals surface area (Å²) >= 11 is 0. The first kappa shape index (κ1) is 13.4. The van der Waals surface area contributed by atoms with E-state index in [9.17, 15) is 9.59 Å². The Hall–Kier alpha value is -2.57. The molecule has 0 bridgehead atoms. The lowest BCUT2D eigenvalue weighted by molar-refractivity contribution is -0.138. The van der Waals surface area contributed by atoms with Crippen LogP contribution in [0.15, 0.2) is 29.4 Å². The minimum absolute atomic E-state index is 0.226. The monoisotopic (exact) mass is 290 g/mol. The lowest BCUT2D eigenvalue weighted by Crippen LogP contribution is -2.39. The van der Waals surface area contributed by atoms with Crippen molar-refractivity contribution in [1.29, 1.82) is 0 Å². The van der Waals surface area contributed by atoms with Crippen molar-refractivity contribution in [3.63, 3.8) is 0 Å². The number of carbonyl (C=O) groups is 2. The number of ether oxygens (including phenoxy) is 2. The standard InChI is InChI=1S/C14H14N2O5/c1-19-10-4-2-9(3-5-10)11-8-12(21-15-11)13(17)16-6-7-20-14(16)18/h2-5,12H,6-8H2,1H3. The molecule has 0 spiro atoms. The molecule has 1 saturated heterocycles. The van der Waals surface area contributed by atoms with E-state index in [-0.39, 0.29) is 13.2 Å². The fourth-order valence-electron chi connectivity index (χ4n) is 2.23. The molecule has 0 radical (unpaired) electrons. The summed E-state index contributed by atoms with van der Waals surface area (Å²) in [5.41, 5.74) is 1.53. The molecule has 1 fully saturated rings. The maximum absolute atomic E-state index is 12.1. The molecule has 21 heavy (non-hydrogen) atoms. The van der Waals surface area contributed by atoms with E-state index >= 15 is 0 Å². The smallest absolute Gasteiger partial charge is 0.416 e. The van der Waals surface area contributed by atoms with Crippen LogP contribution in [-0.2, 0) is 14.4 Å². The number of carbonyl (C=O) groups excluding carboxylic acids is 2. The summed E-state index contributed by atoms with van der Waals surface area (Å²) in [6.07, 6.45) is -1.07. The summed E-state index contributed by atoms with van der Waals surface area (Å²) in [6.45, 7) is 0.485. The van der Waals surface area contributed by atoms with E-state index in [4.69, 9.17) is 14.3 Å². The number of methoxy groups -OCH3 is 1. The fourth-order valence-corrected chi connectivity index (χ4v) is 2.23. The molecular weight excluding hydrogens is 276 g/mol. The topological polar surface area (TPSA) is 77.4 Å². The molecule has 1 atom stereocenters. The van der Waals surface area contributed by atoms with Crippen LogP contribution in [0.25, 0.3) is 0 Å². The minimum Gasteiger partial charge on any atom is -0.497 e. The Morgan fingerprint density at radius 2 is 2.14 bits per heavy atom. The molecule has 0 saturated carbocycles. The second-order valence-electron chi connectivity index (χ2n) is 4.67. The largest absolute Gasteiger partial charge is 0.497 e. The van der Waals surface area contributed by atoms with Gasteiger partial charge in [0.25, 0.3) is 5.91 Å². The number of nitrogens with zero attached hydrogens (tertiary/aromatic N) is 2. The van der Waals surface area contributed by atoms with E-state index in [0.717, 1.165) is 16.2 Å². The fraction of sp³-hybridized carbons (Fsp3) is 0.357. The van der Waals surface area contributed by atoms with Crippen LogP contribution in [0, 0.1) is 0 Å². The van der Waals surface area contributed by atoms with E-state index < -0.39 is 18.1 Å². The average molecular weight is 290 g/mol. The van der Waals surface area contributed by atoms with E-state index in [1.165, 1.54) is 0 Å². The van der Waals surface area contributed by atoms with Gasteiger partial charge in [-0.2, -0.15) is 0 Å². The predicted octanol–water partition coefficient (Wildman–Crippen LogP) is 1.17. The summed E-state index contributed by atoms with van der Waals surface area (Å²) < 4.78 is 9.83. The van der Waals surface area contributed by atoms with Crippen molar-refractivity contribution in [3.8, 4) is 5.75 Å². The van der Waals surface area contributed by atoms with Gasteiger partial charge >= 0.3 is 6.09 Å². The molecule has 2 aliphatic rings. The van der Waals surface area contributed by atoms with Crippen LogP contribution in [0.2, 0.25) is 0 Å². The first-order valence-corrected chi connectivity index (χ1v) is 6.54. The van der Waals surface area contributed by atoms with E-state index in [0.29, 0.717) is 12.1 Å². The molecule has 7 nitrogen and oxygen atoms in total. The predicted molar refractivity (Wildman–Crippen MR) is 72.1 cm³/mol. The zero-order valence-electron chi connectivity index (χ0n) is 11.4. The number of benzene rings is 1. The SMILES string of the molecule is COc1ccc(C2=NOC(C(=O)N3CCOC3=O)C2)cc1. The maximum Gasteiger partial charge on any atom is 0.416 e. The van der Waals surface area contributed by atoms with Crippen LogP contribution >= 0.6 is 0 Å². The van der Waals surface area contributed by atoms with Gasteiger partial charge in [-0.15, -0.1) is 0 Å². The van der Waals surface area contributed by atoms with E-state index in [1.54, 1.807) is 7.11 Å². The second kappa shape index (κ2) is 5.43. The molecule has 7 heteroatoms. The Morgan fingerprint density at radius 1 is 1.38 bits per heavy atom. The van der Waals surface area contributed by atoms with Gasteiger partial charge in [0.05, 0.1) is 19.4 Å². The quantitative estimate of drug-likeness (QED) is 0.835. The average Bonchev–Trinajstić information content (AvgIpc) is 3.16. The number of oxime groups is 1. The summed E-state index contributed by atoms with van der Waals surface area (Å²) in [7, 11) is 1.59. The summed E-state index contributed by atoms with van der Waals surface area (Å²) in [5.74, 6) is 0.329. The number of amides is 2. The van der Waals surface area contributed by atoms with Crippen LogP contribution in [0.5, 0.6) is 5.75 Å². The number of hydrogen-bond donors (Lipinski definition) is 0. The van der Waals surface area contributed by atoms with Crippen molar-refractivity contribution < 1.29 is 23.9 Å². The van der Waals surface area contributed by atoms with E-state index in [2.05, 4.69) is 5.16 Å². The Morgan fingerprint density at radius 3 is 2.76 bits per heavy atom. The van der Waals surface area contributed by atoms with Gasteiger partial charge in [-0.3, -0.25) is 4.79 Å². The minimum atomic E-state index is -0.771. The number of cyclic esters (lactones) is 1. The molecule has 1 unspecified atom stereocenters. The molecule has 2 heterocycles. The van der Waals surface area contributed by atoms with Crippen molar-refractivity contribution in [3.05, 3.63) is 29.8 Å². The van der Waals surface area contributed by atoms with Crippen LogP contribution < -0.4 is 4.74 Å². The third-order valence-electron chi connectivity index (χ3n) is 3.39. The number of imide groups is 1. The lowest BCUT2D eigenvalue weighted by atomic mass is 10.0. The van der Waals surface area contributed by atoms with Gasteiger partial charge in [-0.05, 0) is 29.8 Å². The Kier molecular flexibility index (Phi) is 3.47. The Balaban J connectivity index is 1.66. The highest BCUT2D eigenvalue weighted by Gasteiger charge is 2.38. The highest BCUT2D eigenvalue weighted by molar-refractivity contribution is 6.05. The molecule has 2 aliphatic heterocycles. The highest BCUT2D eigenvalue weighted by atomic mass is 16.6. The maximum atomic E-state index is 12.1. The van der Waals surface area contributed by atoms with Gasteiger partial charge in [-0.25, -0.2) is 9.69 Å². The van der Waals surface area contributed by atoms with Gasteiger partial charge in [0.2, 0.25) is 6.10 Å². The Bertz CT molecular complexity index is 596. The second-order valence-corrected chi connectivity index (χ2v) is 4.67. The number of hydrogen-bond acceptors (Lipinski definition) is 6. The summed E-state index contributed by atoms with van der Waals surface area (Å²) in [6, 6.07) is 7.31. The zero-order valence-corrected chi connectivity index (χ0v) is 11.4. The number of rotatable bonds is 3. The highest BCUT2D eigenvalue weighted by Crippen LogP contribution is 2.21. The third-order valence-corrected chi connectivity index (χ3v) is 3.39. The molecule has 110 valence electrons. The van der Waals surface area contributed by atoms with Crippen molar-refractivity contribution in [2.45, 2.75) is 12.5 Å². The van der Waals surface area contributed by atoms with Crippen LogP contribution in [0.3, 0.4) is 0 Å². The first-order valence-electron chi connectivity index (χ1n) is 6.54. The molecular formula is C14H14N2O5. The van der Waals surface area contributed by atoms with Crippen LogP contribution in [0.4, 0.5) is 4.79 Å². The van der Waals surface area contributed by atoms with Crippen LogP contribution in [-0.4, -0.2) is 49.0 Å². The molecule has 2 amide bonds. The Labute approximate surface area is 121 Å². The molecule has 0 aromatic heterocycles. The van der Waals surface area contributed by atoms with Gasteiger partial charge in [0.1, 0.15) is 12.4 Å². The molecule has 1 aromatic carbocycles. The van der Waals surface area contributed by atoms with Gasteiger partial charge in [0.15, 0.2) is 0 Å². The van der Waals surface area contributed by atoms with Crippen molar-refractivity contribution in [1.82, 2.24) is 4.90 Å². The third kappa shape index (κ3) is 2.54. The zero-order chi connectivity index (χ0) is 14.8. The normalized spacial score (nSPS) is 20.8. The van der Waals surface area contributed by atoms with Crippen molar-refractivity contribution >= 4 is 17.7 Å². The first-order chi connectivity index (χ1) is 10.2. The molecule has 3 rings (SSSR count). The van der Waals surface area contributed by atoms with Crippen molar-refractivity contribution in [2.75, 3.05) is 20.3 Å². The lowest BCUT2D eigenvalue weighted by Gasteiger charge is -2.14. The molecule has 0 aliphatic carbocycles. The van der Waals surface area contributed by atoms with E-state index in [1.807, 2.05) is 24.3 Å². The molecule has 1 aromatic rings. The van der Waals surface area contributed by atoms with Crippen LogP contribution in [0.1, 0.15) is 12.0 Å². The van der Waals surface area contributed by atoms with Gasteiger partial charge in [-0.1, -0.05) is 5.16 Å². The van der Waals surface area contributed by atoms with Gasteiger partial charge < -0.3 is 14.3 Å². The van der Waals surface area contributed by atoms with Gasteiger partial charge in [0, 0.05) is 6.42 Å². The summed E-state index contributed by atoms with van der Waals surface area (Å²) in [5, 5.41) is 3.94. The molecule has 0 N–H and O–H groups in total.